The van der Waals surface area contributed by atoms with Gasteiger partial charge in [0.15, 0.2) is 0 Å². The lowest BCUT2D eigenvalue weighted by Crippen LogP contribution is -2.37. The van der Waals surface area contributed by atoms with Gasteiger partial charge in [-0.1, -0.05) is 17.7 Å². The molecule has 23 heavy (non-hydrogen) atoms. The number of carbonyl (C=O) groups excluding carboxylic acids is 2. The van der Waals surface area contributed by atoms with Gasteiger partial charge in [-0.2, -0.15) is 0 Å². The molecule has 0 heterocycles. The summed E-state index contributed by atoms with van der Waals surface area (Å²) >= 11 is 5.97. The number of amides is 2. The Bertz CT molecular complexity index is 732. The number of hydrogen-bond acceptors (Lipinski definition) is 2. The Labute approximate surface area is 138 Å². The van der Waals surface area contributed by atoms with Crippen LogP contribution in [0.25, 0.3) is 0 Å². The second kappa shape index (κ2) is 7.24. The lowest BCUT2D eigenvalue weighted by molar-refractivity contribution is -0.120. The molecule has 0 saturated heterocycles. The maximum atomic E-state index is 12.9. The van der Waals surface area contributed by atoms with Gasteiger partial charge >= 0.3 is 0 Å². The van der Waals surface area contributed by atoms with Crippen molar-refractivity contribution < 1.29 is 14.0 Å². The summed E-state index contributed by atoms with van der Waals surface area (Å²) in [4.78, 5) is 25.4. The van der Waals surface area contributed by atoms with E-state index in [9.17, 15) is 14.0 Å². The van der Waals surface area contributed by atoms with E-state index in [-0.39, 0.29) is 24.2 Å². The van der Waals surface area contributed by atoms with Gasteiger partial charge in [0.25, 0.3) is 0 Å². The zero-order chi connectivity index (χ0) is 17.0. The molecule has 2 aromatic carbocycles. The molecule has 2 rings (SSSR count). The molecule has 0 aliphatic heterocycles. The van der Waals surface area contributed by atoms with E-state index < -0.39 is 0 Å². The summed E-state index contributed by atoms with van der Waals surface area (Å²) in [5.41, 5.74) is 1.88. The Kier molecular flexibility index (Phi) is 5.34. The minimum Gasteiger partial charge on any atom is -0.325 e. The molecule has 0 radical (unpaired) electrons. The third-order valence-electron chi connectivity index (χ3n) is 3.27. The molecule has 0 saturated carbocycles. The Morgan fingerprint density at radius 3 is 2.43 bits per heavy atom. The number of halogens is 2. The molecule has 0 aromatic heterocycles. The van der Waals surface area contributed by atoms with E-state index in [2.05, 4.69) is 5.32 Å². The largest absolute Gasteiger partial charge is 0.325 e. The molecule has 2 aromatic rings. The van der Waals surface area contributed by atoms with Crippen molar-refractivity contribution in [3.8, 4) is 0 Å². The highest BCUT2D eigenvalue weighted by atomic mass is 35.5. The van der Waals surface area contributed by atoms with Gasteiger partial charge in [0, 0.05) is 23.3 Å². The van der Waals surface area contributed by atoms with Crippen molar-refractivity contribution in [3.63, 3.8) is 0 Å². The Morgan fingerprint density at radius 1 is 1.17 bits per heavy atom. The summed E-state index contributed by atoms with van der Waals surface area (Å²) < 4.78 is 12.9. The molecule has 6 heteroatoms. The average molecular weight is 335 g/mol. The van der Waals surface area contributed by atoms with E-state index in [1.807, 2.05) is 6.92 Å². The maximum Gasteiger partial charge on any atom is 0.244 e. The molecule has 0 spiro atoms. The molecule has 4 nitrogen and oxygen atoms in total. The van der Waals surface area contributed by atoms with Crippen molar-refractivity contribution in [1.82, 2.24) is 0 Å². The van der Waals surface area contributed by atoms with Gasteiger partial charge in [-0.15, -0.1) is 0 Å². The Morgan fingerprint density at radius 2 is 1.83 bits per heavy atom. The SMILES string of the molecule is CC(=O)N(CC(=O)Nc1ccc(F)cc1)c1cc(Cl)ccc1C. The summed E-state index contributed by atoms with van der Waals surface area (Å²) in [5.74, 6) is -1.04. The van der Waals surface area contributed by atoms with Crippen LogP contribution in [0.4, 0.5) is 15.8 Å². The number of anilines is 2. The van der Waals surface area contributed by atoms with Crippen LogP contribution in [0.15, 0.2) is 42.5 Å². The van der Waals surface area contributed by atoms with Crippen LogP contribution in [0.2, 0.25) is 5.02 Å². The third-order valence-corrected chi connectivity index (χ3v) is 3.51. The van der Waals surface area contributed by atoms with E-state index in [1.54, 1.807) is 18.2 Å². The molecule has 0 unspecified atom stereocenters. The summed E-state index contributed by atoms with van der Waals surface area (Å²) in [7, 11) is 0. The molecule has 0 bridgehead atoms. The molecule has 0 aliphatic carbocycles. The number of nitrogens with zero attached hydrogens (tertiary/aromatic N) is 1. The standard InChI is InChI=1S/C17H16ClFN2O2/c1-11-3-4-13(18)9-16(11)21(12(2)22)10-17(23)20-15-7-5-14(19)6-8-15/h3-9H,10H2,1-2H3,(H,20,23). The average Bonchev–Trinajstić information content (AvgIpc) is 2.49. The van der Waals surface area contributed by atoms with Crippen molar-refractivity contribution in [1.29, 1.82) is 0 Å². The highest BCUT2D eigenvalue weighted by Crippen LogP contribution is 2.24. The van der Waals surface area contributed by atoms with Gasteiger partial charge in [-0.25, -0.2) is 4.39 Å². The van der Waals surface area contributed by atoms with Crippen LogP contribution >= 0.6 is 11.6 Å². The minimum atomic E-state index is -0.386. The second-order valence-electron chi connectivity index (χ2n) is 5.09. The van der Waals surface area contributed by atoms with Crippen LogP contribution in [-0.2, 0) is 9.59 Å². The fourth-order valence-electron chi connectivity index (χ4n) is 2.12. The van der Waals surface area contributed by atoms with Crippen molar-refractivity contribution in [2.75, 3.05) is 16.8 Å². The minimum absolute atomic E-state index is 0.159. The highest BCUT2D eigenvalue weighted by Gasteiger charge is 2.18. The Balaban J connectivity index is 2.16. The van der Waals surface area contributed by atoms with Gasteiger partial charge in [-0.3, -0.25) is 9.59 Å². The van der Waals surface area contributed by atoms with Gasteiger partial charge in [0.1, 0.15) is 12.4 Å². The summed E-state index contributed by atoms with van der Waals surface area (Å²) in [6, 6.07) is 10.6. The predicted octanol–water partition coefficient (Wildman–Crippen LogP) is 3.78. The molecule has 0 atom stereocenters. The van der Waals surface area contributed by atoms with Crippen LogP contribution in [0, 0.1) is 12.7 Å². The molecular weight excluding hydrogens is 319 g/mol. The highest BCUT2D eigenvalue weighted by molar-refractivity contribution is 6.31. The van der Waals surface area contributed by atoms with Crippen LogP contribution < -0.4 is 10.2 Å². The summed E-state index contributed by atoms with van der Waals surface area (Å²) in [5, 5.41) is 3.11. The zero-order valence-corrected chi connectivity index (χ0v) is 13.5. The summed E-state index contributed by atoms with van der Waals surface area (Å²) in [6.07, 6.45) is 0. The van der Waals surface area contributed by atoms with Crippen molar-refractivity contribution >= 4 is 34.8 Å². The fraction of sp³-hybridized carbons (Fsp3) is 0.176. The normalized spacial score (nSPS) is 10.3. The van der Waals surface area contributed by atoms with E-state index in [4.69, 9.17) is 11.6 Å². The first-order valence-electron chi connectivity index (χ1n) is 6.96. The van der Waals surface area contributed by atoms with Crippen LogP contribution in [0.5, 0.6) is 0 Å². The van der Waals surface area contributed by atoms with Crippen molar-refractivity contribution in [2.24, 2.45) is 0 Å². The number of rotatable bonds is 4. The Hall–Kier alpha value is -2.40. The van der Waals surface area contributed by atoms with Crippen LogP contribution in [-0.4, -0.2) is 18.4 Å². The zero-order valence-electron chi connectivity index (χ0n) is 12.8. The van der Waals surface area contributed by atoms with Crippen LogP contribution in [0.1, 0.15) is 12.5 Å². The van der Waals surface area contributed by atoms with Gasteiger partial charge in [0.05, 0.1) is 0 Å². The second-order valence-corrected chi connectivity index (χ2v) is 5.53. The van der Waals surface area contributed by atoms with Gasteiger partial charge in [0.2, 0.25) is 11.8 Å². The number of hydrogen-bond donors (Lipinski definition) is 1. The topological polar surface area (TPSA) is 49.4 Å². The first-order valence-corrected chi connectivity index (χ1v) is 7.34. The first-order chi connectivity index (χ1) is 10.9. The molecule has 0 aliphatic rings. The van der Waals surface area contributed by atoms with Crippen molar-refractivity contribution in [3.05, 3.63) is 58.9 Å². The van der Waals surface area contributed by atoms with Crippen LogP contribution in [0.3, 0.4) is 0 Å². The molecule has 2 amide bonds. The summed E-state index contributed by atoms with van der Waals surface area (Å²) in [6.45, 7) is 3.05. The number of nitrogens with one attached hydrogen (secondary N) is 1. The maximum absolute atomic E-state index is 12.9. The molecule has 120 valence electrons. The lowest BCUT2D eigenvalue weighted by Gasteiger charge is -2.22. The molecule has 0 fully saturated rings. The first kappa shape index (κ1) is 17.0. The predicted molar refractivity (Wildman–Crippen MR) is 89.2 cm³/mol. The number of aryl methyl sites for hydroxylation is 1. The third kappa shape index (κ3) is 4.53. The smallest absolute Gasteiger partial charge is 0.244 e. The van der Waals surface area contributed by atoms with E-state index in [0.717, 1.165) is 5.56 Å². The quantitative estimate of drug-likeness (QED) is 0.925. The van der Waals surface area contributed by atoms with Crippen molar-refractivity contribution in [2.45, 2.75) is 13.8 Å². The molecule has 1 N–H and O–H groups in total. The van der Waals surface area contributed by atoms with Gasteiger partial charge < -0.3 is 10.2 Å². The monoisotopic (exact) mass is 334 g/mol. The lowest BCUT2D eigenvalue weighted by atomic mass is 10.1. The van der Waals surface area contributed by atoms with Gasteiger partial charge in [-0.05, 0) is 48.9 Å². The van der Waals surface area contributed by atoms with E-state index in [1.165, 1.54) is 36.1 Å². The molecular formula is C17H16ClFN2O2. The number of carbonyl (C=O) groups is 2. The fourth-order valence-corrected chi connectivity index (χ4v) is 2.28. The van der Waals surface area contributed by atoms with E-state index >= 15 is 0 Å². The van der Waals surface area contributed by atoms with E-state index in [0.29, 0.717) is 16.4 Å². The number of benzene rings is 2.